The standard InChI is InChI=1S/C26H24FNO6S/c1-3-33-26(30)24-21-15-20(17-7-5-4-6-8-17)22(28(13-14-29)35(2,31)32)16-23(21)34-25(24)18-9-11-19(27)12-10-18/h4-12,15-16,29H,3,13-14H2,1-2H3. The van der Waals surface area contributed by atoms with E-state index in [1.54, 1.807) is 13.0 Å². The molecule has 4 rings (SSSR count). The summed E-state index contributed by atoms with van der Waals surface area (Å²) in [4.78, 5) is 13.0. The number of halogens is 1. The van der Waals surface area contributed by atoms with E-state index < -0.39 is 28.4 Å². The molecule has 0 spiro atoms. The molecule has 4 aromatic rings. The number of aliphatic hydroxyl groups excluding tert-OH is 1. The number of sulfonamides is 1. The van der Waals surface area contributed by atoms with Crippen molar-refractivity contribution in [2.75, 3.05) is 30.3 Å². The first-order valence-electron chi connectivity index (χ1n) is 10.9. The Morgan fingerprint density at radius 2 is 1.74 bits per heavy atom. The van der Waals surface area contributed by atoms with Gasteiger partial charge in [-0.25, -0.2) is 17.6 Å². The van der Waals surface area contributed by atoms with Gasteiger partial charge in [-0.2, -0.15) is 0 Å². The molecule has 0 bridgehead atoms. The van der Waals surface area contributed by atoms with Crippen LogP contribution >= 0.6 is 0 Å². The largest absolute Gasteiger partial charge is 0.462 e. The number of nitrogens with zero attached hydrogens (tertiary/aromatic N) is 1. The number of hydrogen-bond donors (Lipinski definition) is 1. The van der Waals surface area contributed by atoms with Gasteiger partial charge < -0.3 is 14.3 Å². The third kappa shape index (κ3) is 4.91. The average Bonchev–Trinajstić information content (AvgIpc) is 3.20. The van der Waals surface area contributed by atoms with E-state index in [1.807, 2.05) is 30.3 Å². The molecule has 1 N–H and O–H groups in total. The third-order valence-corrected chi connectivity index (χ3v) is 6.63. The Bertz CT molecular complexity index is 1460. The number of fused-ring (bicyclic) bond motifs is 1. The van der Waals surface area contributed by atoms with Gasteiger partial charge >= 0.3 is 5.97 Å². The monoisotopic (exact) mass is 497 g/mol. The van der Waals surface area contributed by atoms with E-state index in [0.717, 1.165) is 10.6 Å². The Morgan fingerprint density at radius 1 is 1.06 bits per heavy atom. The van der Waals surface area contributed by atoms with Crippen molar-refractivity contribution in [3.63, 3.8) is 0 Å². The van der Waals surface area contributed by atoms with Crippen LogP contribution < -0.4 is 4.31 Å². The average molecular weight is 498 g/mol. The lowest BCUT2D eigenvalue weighted by Crippen LogP contribution is -2.33. The number of carbonyl (C=O) groups is 1. The second-order valence-electron chi connectivity index (χ2n) is 7.82. The normalized spacial score (nSPS) is 11.5. The van der Waals surface area contributed by atoms with Crippen LogP contribution in [-0.4, -0.2) is 45.5 Å². The zero-order chi connectivity index (χ0) is 25.2. The minimum atomic E-state index is -3.77. The van der Waals surface area contributed by atoms with Crippen LogP contribution in [0.1, 0.15) is 17.3 Å². The van der Waals surface area contributed by atoms with Gasteiger partial charge in [0, 0.05) is 22.6 Å². The quantitative estimate of drug-likeness (QED) is 0.350. The SMILES string of the molecule is CCOC(=O)c1c(-c2ccc(F)cc2)oc2cc(N(CCO)S(C)(=O)=O)c(-c3ccccc3)cc12. The molecule has 3 aromatic carbocycles. The summed E-state index contributed by atoms with van der Waals surface area (Å²) in [6, 6.07) is 17.8. The molecule has 0 fully saturated rings. The summed E-state index contributed by atoms with van der Waals surface area (Å²) < 4.78 is 51.3. The predicted octanol–water partition coefficient (Wildman–Crippen LogP) is 4.84. The van der Waals surface area contributed by atoms with Crippen molar-refractivity contribution in [3.05, 3.63) is 78.1 Å². The van der Waals surface area contributed by atoms with E-state index >= 15 is 0 Å². The van der Waals surface area contributed by atoms with Gasteiger partial charge in [0.1, 0.15) is 22.7 Å². The number of aliphatic hydroxyl groups is 1. The lowest BCUT2D eigenvalue weighted by Gasteiger charge is -2.24. The first-order chi connectivity index (χ1) is 16.7. The number of carbonyl (C=O) groups excluding carboxylic acids is 1. The van der Waals surface area contributed by atoms with Crippen LogP contribution in [0.2, 0.25) is 0 Å². The Balaban J connectivity index is 2.08. The Kier molecular flexibility index (Phi) is 6.90. The lowest BCUT2D eigenvalue weighted by atomic mass is 9.98. The zero-order valence-electron chi connectivity index (χ0n) is 19.2. The van der Waals surface area contributed by atoms with Gasteiger partial charge in [-0.05, 0) is 42.8 Å². The highest BCUT2D eigenvalue weighted by Crippen LogP contribution is 2.41. The fourth-order valence-corrected chi connectivity index (χ4v) is 4.88. The molecule has 0 saturated carbocycles. The molecule has 1 aromatic heterocycles. The van der Waals surface area contributed by atoms with Crippen LogP contribution in [0.15, 0.2) is 71.1 Å². The summed E-state index contributed by atoms with van der Waals surface area (Å²) in [5.74, 6) is -0.876. The minimum absolute atomic E-state index is 0.135. The van der Waals surface area contributed by atoms with Crippen molar-refractivity contribution in [1.29, 1.82) is 0 Å². The highest BCUT2D eigenvalue weighted by atomic mass is 32.2. The van der Waals surface area contributed by atoms with Crippen molar-refractivity contribution < 1.29 is 31.9 Å². The van der Waals surface area contributed by atoms with Crippen molar-refractivity contribution in [1.82, 2.24) is 0 Å². The first kappa shape index (κ1) is 24.4. The van der Waals surface area contributed by atoms with E-state index in [2.05, 4.69) is 0 Å². The Hall–Kier alpha value is -3.69. The molecule has 0 aliphatic carbocycles. The summed E-state index contributed by atoms with van der Waals surface area (Å²) >= 11 is 0. The van der Waals surface area contributed by atoms with Gasteiger partial charge in [-0.3, -0.25) is 4.31 Å². The van der Waals surface area contributed by atoms with Gasteiger partial charge in [-0.15, -0.1) is 0 Å². The smallest absolute Gasteiger partial charge is 0.342 e. The molecule has 0 unspecified atom stereocenters. The van der Waals surface area contributed by atoms with E-state index in [-0.39, 0.29) is 35.7 Å². The van der Waals surface area contributed by atoms with E-state index in [1.165, 1.54) is 30.3 Å². The summed E-state index contributed by atoms with van der Waals surface area (Å²) in [7, 11) is -3.77. The number of rotatable bonds is 8. The molecule has 0 aliphatic heterocycles. The molecule has 7 nitrogen and oxygen atoms in total. The highest BCUT2D eigenvalue weighted by Gasteiger charge is 2.28. The number of anilines is 1. The molecule has 1 heterocycles. The molecule has 35 heavy (non-hydrogen) atoms. The van der Waals surface area contributed by atoms with Gasteiger partial charge in [0.15, 0.2) is 0 Å². The fraction of sp³-hybridized carbons (Fsp3) is 0.192. The molecule has 0 saturated heterocycles. The highest BCUT2D eigenvalue weighted by molar-refractivity contribution is 7.92. The van der Waals surface area contributed by atoms with Gasteiger partial charge in [0.05, 0.1) is 31.7 Å². The van der Waals surface area contributed by atoms with Gasteiger partial charge in [-0.1, -0.05) is 30.3 Å². The van der Waals surface area contributed by atoms with Crippen LogP contribution in [0, 0.1) is 5.82 Å². The topological polar surface area (TPSA) is 97.0 Å². The second kappa shape index (κ2) is 9.89. The van der Waals surface area contributed by atoms with E-state index in [4.69, 9.17) is 9.15 Å². The summed E-state index contributed by atoms with van der Waals surface area (Å²) in [5.41, 5.74) is 2.38. The maximum atomic E-state index is 13.5. The molecule has 9 heteroatoms. The number of benzene rings is 3. The van der Waals surface area contributed by atoms with Crippen molar-refractivity contribution in [2.45, 2.75) is 6.92 Å². The van der Waals surface area contributed by atoms with Crippen molar-refractivity contribution in [2.24, 2.45) is 0 Å². The maximum absolute atomic E-state index is 13.5. The van der Waals surface area contributed by atoms with Crippen molar-refractivity contribution >= 4 is 32.6 Å². The third-order valence-electron chi connectivity index (χ3n) is 5.45. The van der Waals surface area contributed by atoms with E-state index in [9.17, 15) is 22.7 Å². The summed E-state index contributed by atoms with van der Waals surface area (Å²) in [6.45, 7) is 1.26. The van der Waals surface area contributed by atoms with Crippen LogP contribution in [-0.2, 0) is 14.8 Å². The van der Waals surface area contributed by atoms with Crippen molar-refractivity contribution in [3.8, 4) is 22.5 Å². The molecule has 0 amide bonds. The molecule has 0 atom stereocenters. The van der Waals surface area contributed by atoms with E-state index in [0.29, 0.717) is 22.1 Å². The molecule has 0 aliphatic rings. The van der Waals surface area contributed by atoms with Crippen LogP contribution in [0.25, 0.3) is 33.4 Å². The second-order valence-corrected chi connectivity index (χ2v) is 9.73. The summed E-state index contributed by atoms with van der Waals surface area (Å²) in [5, 5.41) is 9.99. The molecule has 0 radical (unpaired) electrons. The molecular weight excluding hydrogens is 473 g/mol. The van der Waals surface area contributed by atoms with Gasteiger partial charge in [0.25, 0.3) is 0 Å². The van der Waals surface area contributed by atoms with Crippen LogP contribution in [0.5, 0.6) is 0 Å². The lowest BCUT2D eigenvalue weighted by molar-refractivity contribution is 0.0528. The Morgan fingerprint density at radius 3 is 2.34 bits per heavy atom. The van der Waals surface area contributed by atoms with Crippen LogP contribution in [0.4, 0.5) is 10.1 Å². The number of ether oxygens (including phenoxy) is 1. The zero-order valence-corrected chi connectivity index (χ0v) is 20.0. The predicted molar refractivity (Wildman–Crippen MR) is 132 cm³/mol. The number of furan rings is 1. The first-order valence-corrected chi connectivity index (χ1v) is 12.8. The van der Waals surface area contributed by atoms with Gasteiger partial charge in [0.2, 0.25) is 10.0 Å². The fourth-order valence-electron chi connectivity index (χ4n) is 3.95. The molecular formula is C26H24FNO6S. The summed E-state index contributed by atoms with van der Waals surface area (Å²) in [6.07, 6.45) is 1.05. The molecule has 182 valence electrons. The van der Waals surface area contributed by atoms with Crippen LogP contribution in [0.3, 0.4) is 0 Å². The minimum Gasteiger partial charge on any atom is -0.462 e. The number of esters is 1. The Labute approximate surface area is 202 Å². The number of hydrogen-bond acceptors (Lipinski definition) is 6. The maximum Gasteiger partial charge on any atom is 0.342 e.